The second-order valence-corrected chi connectivity index (χ2v) is 9.77. The number of aromatic nitrogens is 4. The fraction of sp³-hybridized carbons (Fsp3) is 0.200. The molecule has 3 heterocycles. The first kappa shape index (κ1) is 26.0. The van der Waals surface area contributed by atoms with Crippen LogP contribution in [0.4, 0.5) is 10.3 Å². The molecule has 0 fully saturated rings. The van der Waals surface area contributed by atoms with E-state index in [4.69, 9.17) is 15.7 Å². The van der Waals surface area contributed by atoms with Crippen molar-refractivity contribution in [1.82, 2.24) is 24.3 Å². The molecular weight excluding hydrogens is 493 g/mol. The van der Waals surface area contributed by atoms with Crippen LogP contribution in [0.25, 0.3) is 28.3 Å². The average Bonchev–Trinajstić information content (AvgIpc) is 3.28. The lowest BCUT2D eigenvalue weighted by molar-refractivity contribution is -0.118. The molecule has 3 N–H and O–H groups in total. The van der Waals surface area contributed by atoms with E-state index >= 15 is 0 Å². The lowest BCUT2D eigenvalue weighted by Gasteiger charge is -2.14. The Morgan fingerprint density at radius 2 is 1.85 bits per heavy atom. The molecule has 39 heavy (non-hydrogen) atoms. The Morgan fingerprint density at radius 1 is 1.05 bits per heavy atom. The van der Waals surface area contributed by atoms with Crippen LogP contribution in [0.3, 0.4) is 0 Å². The number of halogens is 1. The molecule has 3 aromatic heterocycles. The van der Waals surface area contributed by atoms with E-state index in [9.17, 15) is 9.18 Å². The molecule has 9 heteroatoms. The summed E-state index contributed by atoms with van der Waals surface area (Å²) >= 11 is 0. The first-order valence-corrected chi connectivity index (χ1v) is 12.6. The number of rotatable bonds is 9. The standard InChI is InChI=1S/C30H30FN7O/c1-19-4-5-20(2)23(14-19)16-34-30-33-12-10-25(35-30)29-28(22-6-8-24(31)9-7-22)36-27-15-21(11-13-38(27)29)17-37(3)18-26(32)39/h4-15H,16-18H2,1-3H3,(H2,32,39)(H,33,34,35). The van der Waals surface area contributed by atoms with Gasteiger partial charge in [-0.05, 0) is 80.1 Å². The molecule has 2 aromatic carbocycles. The SMILES string of the molecule is Cc1ccc(C)c(CNc2nccc(-c3c(-c4ccc(F)cc4)nc4cc(CN(C)CC(N)=O)ccn34)n2)c1. The summed E-state index contributed by atoms with van der Waals surface area (Å²) in [7, 11) is 1.84. The number of imidazole rings is 1. The zero-order valence-electron chi connectivity index (χ0n) is 22.1. The second kappa shape index (κ2) is 11.0. The number of primary amides is 1. The number of likely N-dealkylation sites (N-methyl/N-ethyl adjacent to an activating group) is 1. The predicted molar refractivity (Wildman–Crippen MR) is 150 cm³/mol. The van der Waals surface area contributed by atoms with Crippen LogP contribution >= 0.6 is 0 Å². The normalized spacial score (nSPS) is 11.3. The molecule has 1 amide bonds. The summed E-state index contributed by atoms with van der Waals surface area (Å²) < 4.78 is 15.7. The van der Waals surface area contributed by atoms with Gasteiger partial charge in [-0.25, -0.2) is 19.3 Å². The lowest BCUT2D eigenvalue weighted by atomic mass is 10.1. The second-order valence-electron chi connectivity index (χ2n) is 9.77. The summed E-state index contributed by atoms with van der Waals surface area (Å²) in [5, 5.41) is 3.35. The monoisotopic (exact) mass is 523 g/mol. The number of anilines is 1. The van der Waals surface area contributed by atoms with E-state index in [0.717, 1.165) is 16.8 Å². The van der Waals surface area contributed by atoms with E-state index in [0.29, 0.717) is 36.1 Å². The molecule has 0 saturated carbocycles. The number of aryl methyl sites for hydroxylation is 2. The van der Waals surface area contributed by atoms with Crippen molar-refractivity contribution in [1.29, 1.82) is 0 Å². The van der Waals surface area contributed by atoms with Crippen LogP contribution in [-0.4, -0.2) is 43.8 Å². The maximum absolute atomic E-state index is 13.7. The predicted octanol–water partition coefficient (Wildman–Crippen LogP) is 4.74. The van der Waals surface area contributed by atoms with Crippen molar-refractivity contribution >= 4 is 17.5 Å². The first-order valence-electron chi connectivity index (χ1n) is 12.6. The number of pyridine rings is 1. The van der Waals surface area contributed by atoms with Gasteiger partial charge in [-0.2, -0.15) is 0 Å². The molecule has 198 valence electrons. The van der Waals surface area contributed by atoms with E-state index in [-0.39, 0.29) is 18.3 Å². The van der Waals surface area contributed by atoms with Gasteiger partial charge in [0.15, 0.2) is 0 Å². The molecule has 0 unspecified atom stereocenters. The zero-order chi connectivity index (χ0) is 27.5. The molecular formula is C30H30FN7O. The highest BCUT2D eigenvalue weighted by Gasteiger charge is 2.19. The van der Waals surface area contributed by atoms with Gasteiger partial charge in [-0.15, -0.1) is 0 Å². The third-order valence-electron chi connectivity index (χ3n) is 6.53. The van der Waals surface area contributed by atoms with E-state index in [2.05, 4.69) is 42.3 Å². The minimum Gasteiger partial charge on any atom is -0.369 e. The zero-order valence-corrected chi connectivity index (χ0v) is 22.1. The molecule has 0 aliphatic heterocycles. The quantitative estimate of drug-likeness (QED) is 0.289. The van der Waals surface area contributed by atoms with Crippen LogP contribution in [0.5, 0.6) is 0 Å². The molecule has 0 atom stereocenters. The Morgan fingerprint density at radius 3 is 2.62 bits per heavy atom. The van der Waals surface area contributed by atoms with Crippen molar-refractivity contribution in [2.24, 2.45) is 5.73 Å². The van der Waals surface area contributed by atoms with Crippen molar-refractivity contribution in [3.05, 3.63) is 101 Å². The Hall–Kier alpha value is -4.63. The summed E-state index contributed by atoms with van der Waals surface area (Å²) in [5.41, 5.74) is 13.5. The Balaban J connectivity index is 1.53. The summed E-state index contributed by atoms with van der Waals surface area (Å²) in [6.07, 6.45) is 3.65. The molecule has 8 nitrogen and oxygen atoms in total. The molecule has 5 aromatic rings. The number of amides is 1. The first-order chi connectivity index (χ1) is 18.8. The van der Waals surface area contributed by atoms with E-state index in [1.165, 1.54) is 28.8 Å². The maximum atomic E-state index is 13.7. The minimum absolute atomic E-state index is 0.157. The van der Waals surface area contributed by atoms with Crippen molar-refractivity contribution in [3.63, 3.8) is 0 Å². The van der Waals surface area contributed by atoms with Crippen LogP contribution in [0, 0.1) is 19.7 Å². The van der Waals surface area contributed by atoms with E-state index < -0.39 is 0 Å². The number of benzene rings is 2. The van der Waals surface area contributed by atoms with Crippen molar-refractivity contribution < 1.29 is 9.18 Å². The van der Waals surface area contributed by atoms with Gasteiger partial charge >= 0.3 is 0 Å². The van der Waals surface area contributed by atoms with Gasteiger partial charge in [0.05, 0.1) is 23.6 Å². The average molecular weight is 524 g/mol. The number of hydrogen-bond donors (Lipinski definition) is 2. The maximum Gasteiger partial charge on any atom is 0.231 e. The number of carbonyl (C=O) groups is 1. The van der Waals surface area contributed by atoms with Crippen molar-refractivity contribution in [2.45, 2.75) is 26.9 Å². The number of nitrogens with zero attached hydrogens (tertiary/aromatic N) is 5. The highest BCUT2D eigenvalue weighted by molar-refractivity contribution is 5.81. The van der Waals surface area contributed by atoms with Gasteiger partial charge in [-0.1, -0.05) is 23.8 Å². The van der Waals surface area contributed by atoms with Gasteiger partial charge in [-0.3, -0.25) is 14.1 Å². The Kier molecular flexibility index (Phi) is 7.33. The third-order valence-corrected chi connectivity index (χ3v) is 6.53. The summed E-state index contributed by atoms with van der Waals surface area (Å²) in [4.78, 5) is 27.3. The number of nitrogens with two attached hydrogens (primary N) is 1. The molecule has 0 spiro atoms. The van der Waals surface area contributed by atoms with E-state index in [1.54, 1.807) is 18.3 Å². The molecule has 0 bridgehead atoms. The Bertz CT molecular complexity index is 1650. The number of hydrogen-bond acceptors (Lipinski definition) is 6. The number of fused-ring (bicyclic) bond motifs is 1. The van der Waals surface area contributed by atoms with Gasteiger partial charge in [0.2, 0.25) is 11.9 Å². The van der Waals surface area contributed by atoms with Gasteiger partial charge in [0.25, 0.3) is 0 Å². The van der Waals surface area contributed by atoms with Crippen LogP contribution in [0.15, 0.2) is 73.1 Å². The largest absolute Gasteiger partial charge is 0.369 e. The van der Waals surface area contributed by atoms with Crippen LogP contribution in [0.2, 0.25) is 0 Å². The summed E-state index contributed by atoms with van der Waals surface area (Å²) in [6, 6.07) is 18.4. The molecule has 0 aliphatic carbocycles. The summed E-state index contributed by atoms with van der Waals surface area (Å²) in [5.74, 6) is -0.201. The Labute approximate surface area is 226 Å². The van der Waals surface area contributed by atoms with Crippen molar-refractivity contribution in [2.75, 3.05) is 18.9 Å². The highest BCUT2D eigenvalue weighted by Crippen LogP contribution is 2.32. The third kappa shape index (κ3) is 5.94. The van der Waals surface area contributed by atoms with E-state index in [1.807, 2.05) is 40.7 Å². The number of nitrogens with one attached hydrogen (secondary N) is 1. The van der Waals surface area contributed by atoms with Crippen LogP contribution < -0.4 is 11.1 Å². The summed E-state index contributed by atoms with van der Waals surface area (Å²) in [6.45, 7) is 5.44. The highest BCUT2D eigenvalue weighted by atomic mass is 19.1. The fourth-order valence-corrected chi connectivity index (χ4v) is 4.61. The van der Waals surface area contributed by atoms with Gasteiger partial charge < -0.3 is 11.1 Å². The van der Waals surface area contributed by atoms with Gasteiger partial charge in [0, 0.05) is 31.0 Å². The van der Waals surface area contributed by atoms with Gasteiger partial charge in [0.1, 0.15) is 11.5 Å². The minimum atomic E-state index is -0.383. The smallest absolute Gasteiger partial charge is 0.231 e. The molecule has 0 saturated heterocycles. The fourth-order valence-electron chi connectivity index (χ4n) is 4.61. The lowest BCUT2D eigenvalue weighted by Crippen LogP contribution is -2.30. The van der Waals surface area contributed by atoms with Crippen LogP contribution in [-0.2, 0) is 17.9 Å². The topological polar surface area (TPSA) is 101 Å². The van der Waals surface area contributed by atoms with Crippen molar-refractivity contribution in [3.8, 4) is 22.6 Å². The molecule has 0 radical (unpaired) electrons. The molecule has 5 rings (SSSR count). The molecule has 0 aliphatic rings. The number of carbonyl (C=O) groups excluding carboxylic acids is 1. The van der Waals surface area contributed by atoms with Crippen LogP contribution in [0.1, 0.15) is 22.3 Å².